The quantitative estimate of drug-likeness (QED) is 0.864. The molecule has 0 spiro atoms. The van der Waals surface area contributed by atoms with Crippen LogP contribution in [0.25, 0.3) is 0 Å². The van der Waals surface area contributed by atoms with E-state index in [9.17, 15) is 5.11 Å². The van der Waals surface area contributed by atoms with Crippen LogP contribution in [0, 0.1) is 6.92 Å². The summed E-state index contributed by atoms with van der Waals surface area (Å²) in [5.74, 6) is 1.64. The van der Waals surface area contributed by atoms with E-state index in [0.29, 0.717) is 0 Å². The zero-order chi connectivity index (χ0) is 12.3. The van der Waals surface area contributed by atoms with Crippen LogP contribution in [0.5, 0.6) is 11.5 Å². The Hall–Kier alpha value is -1.80. The summed E-state index contributed by atoms with van der Waals surface area (Å²) < 4.78 is 5.76. The summed E-state index contributed by atoms with van der Waals surface area (Å²) in [6.45, 7) is 3.76. The molecular weight excluding hydrogens is 212 g/mol. The molecule has 0 fully saturated rings. The van der Waals surface area contributed by atoms with Crippen molar-refractivity contribution in [1.29, 1.82) is 0 Å². The largest absolute Gasteiger partial charge is 0.457 e. The minimum Gasteiger partial charge on any atom is -0.457 e. The molecule has 88 valence electrons. The van der Waals surface area contributed by atoms with Crippen LogP contribution in [-0.2, 0) is 0 Å². The molecule has 2 rings (SSSR count). The Balaban J connectivity index is 2.17. The standard InChI is InChI=1S/C15H16O2/c1-11-5-3-4-6-15(11)17-14-9-7-13(8-10-14)12(2)16/h3-10,12,16H,1-2H3/t12-/m1/s1. The van der Waals surface area contributed by atoms with Crippen molar-refractivity contribution >= 4 is 0 Å². The highest BCUT2D eigenvalue weighted by Gasteiger charge is 2.02. The van der Waals surface area contributed by atoms with Crippen molar-refractivity contribution < 1.29 is 9.84 Å². The van der Waals surface area contributed by atoms with Crippen molar-refractivity contribution in [2.24, 2.45) is 0 Å². The maximum Gasteiger partial charge on any atom is 0.130 e. The first-order valence-corrected chi connectivity index (χ1v) is 5.68. The molecule has 17 heavy (non-hydrogen) atoms. The number of benzene rings is 2. The lowest BCUT2D eigenvalue weighted by molar-refractivity contribution is 0.199. The number of aliphatic hydroxyl groups excluding tert-OH is 1. The Bertz CT molecular complexity index is 487. The second-order valence-electron chi connectivity index (χ2n) is 4.11. The fourth-order valence-electron chi connectivity index (χ4n) is 1.61. The minimum absolute atomic E-state index is 0.442. The molecule has 0 aromatic heterocycles. The average Bonchev–Trinajstić information content (AvgIpc) is 2.33. The Labute approximate surface area is 101 Å². The fourth-order valence-corrected chi connectivity index (χ4v) is 1.61. The molecule has 0 radical (unpaired) electrons. The topological polar surface area (TPSA) is 29.5 Å². The zero-order valence-electron chi connectivity index (χ0n) is 10.1. The molecule has 0 heterocycles. The third kappa shape index (κ3) is 2.86. The summed E-state index contributed by atoms with van der Waals surface area (Å²) in [6, 6.07) is 15.4. The number of hydrogen-bond acceptors (Lipinski definition) is 2. The molecule has 0 aliphatic rings. The van der Waals surface area contributed by atoms with Crippen molar-refractivity contribution in [3.63, 3.8) is 0 Å². The van der Waals surface area contributed by atoms with E-state index in [0.717, 1.165) is 22.6 Å². The summed E-state index contributed by atoms with van der Waals surface area (Å²) in [5.41, 5.74) is 1.99. The average molecular weight is 228 g/mol. The van der Waals surface area contributed by atoms with E-state index in [1.54, 1.807) is 6.92 Å². The number of para-hydroxylation sites is 1. The van der Waals surface area contributed by atoms with Crippen LogP contribution in [0.2, 0.25) is 0 Å². The molecule has 0 amide bonds. The Morgan fingerprint density at radius 3 is 2.24 bits per heavy atom. The van der Waals surface area contributed by atoms with Gasteiger partial charge in [-0.05, 0) is 43.2 Å². The highest BCUT2D eigenvalue weighted by Crippen LogP contribution is 2.25. The normalized spacial score (nSPS) is 12.2. The summed E-state index contributed by atoms with van der Waals surface area (Å²) in [4.78, 5) is 0. The highest BCUT2D eigenvalue weighted by atomic mass is 16.5. The molecule has 2 aromatic rings. The Morgan fingerprint density at radius 2 is 1.65 bits per heavy atom. The van der Waals surface area contributed by atoms with Crippen molar-refractivity contribution in [1.82, 2.24) is 0 Å². The maximum atomic E-state index is 9.41. The van der Waals surface area contributed by atoms with Crippen LogP contribution in [0.1, 0.15) is 24.2 Å². The zero-order valence-corrected chi connectivity index (χ0v) is 10.1. The van der Waals surface area contributed by atoms with Gasteiger partial charge in [0, 0.05) is 0 Å². The van der Waals surface area contributed by atoms with E-state index in [1.165, 1.54) is 0 Å². The maximum absolute atomic E-state index is 9.41. The first kappa shape index (κ1) is 11.7. The molecular formula is C15H16O2. The lowest BCUT2D eigenvalue weighted by Crippen LogP contribution is -1.91. The van der Waals surface area contributed by atoms with Crippen LogP contribution >= 0.6 is 0 Å². The lowest BCUT2D eigenvalue weighted by atomic mass is 10.1. The van der Waals surface area contributed by atoms with Crippen LogP contribution in [0.4, 0.5) is 0 Å². The van der Waals surface area contributed by atoms with E-state index in [2.05, 4.69) is 0 Å². The van der Waals surface area contributed by atoms with E-state index < -0.39 is 6.10 Å². The van der Waals surface area contributed by atoms with E-state index in [-0.39, 0.29) is 0 Å². The van der Waals surface area contributed by atoms with Crippen molar-refractivity contribution in [2.75, 3.05) is 0 Å². The molecule has 0 aliphatic carbocycles. The van der Waals surface area contributed by atoms with Gasteiger partial charge in [-0.3, -0.25) is 0 Å². The Kier molecular flexibility index (Phi) is 3.45. The van der Waals surface area contributed by atoms with Crippen LogP contribution in [0.15, 0.2) is 48.5 Å². The molecule has 0 saturated carbocycles. The van der Waals surface area contributed by atoms with Crippen molar-refractivity contribution in [3.8, 4) is 11.5 Å². The van der Waals surface area contributed by atoms with Crippen molar-refractivity contribution in [2.45, 2.75) is 20.0 Å². The fraction of sp³-hybridized carbons (Fsp3) is 0.200. The second-order valence-corrected chi connectivity index (χ2v) is 4.11. The summed E-state index contributed by atoms with van der Waals surface area (Å²) in [5, 5.41) is 9.41. The van der Waals surface area contributed by atoms with Crippen LogP contribution < -0.4 is 4.74 Å². The highest BCUT2D eigenvalue weighted by molar-refractivity contribution is 5.37. The molecule has 1 atom stereocenters. The monoisotopic (exact) mass is 228 g/mol. The first-order valence-electron chi connectivity index (χ1n) is 5.68. The van der Waals surface area contributed by atoms with E-state index in [4.69, 9.17) is 4.74 Å². The van der Waals surface area contributed by atoms with Crippen LogP contribution in [-0.4, -0.2) is 5.11 Å². The minimum atomic E-state index is -0.442. The number of rotatable bonds is 3. The number of hydrogen-bond donors (Lipinski definition) is 1. The first-order chi connectivity index (χ1) is 8.16. The molecule has 1 N–H and O–H groups in total. The third-order valence-corrected chi connectivity index (χ3v) is 2.68. The second kappa shape index (κ2) is 5.02. The molecule has 0 aliphatic heterocycles. The molecule has 2 nitrogen and oxygen atoms in total. The smallest absolute Gasteiger partial charge is 0.130 e. The summed E-state index contributed by atoms with van der Waals surface area (Å²) in [7, 11) is 0. The molecule has 2 heteroatoms. The van der Waals surface area contributed by atoms with Gasteiger partial charge in [-0.25, -0.2) is 0 Å². The van der Waals surface area contributed by atoms with Crippen molar-refractivity contribution in [3.05, 3.63) is 59.7 Å². The van der Waals surface area contributed by atoms with E-state index >= 15 is 0 Å². The van der Waals surface area contributed by atoms with Crippen LogP contribution in [0.3, 0.4) is 0 Å². The molecule has 0 saturated heterocycles. The van der Waals surface area contributed by atoms with Gasteiger partial charge >= 0.3 is 0 Å². The number of ether oxygens (including phenoxy) is 1. The van der Waals surface area contributed by atoms with Gasteiger partial charge in [0.05, 0.1) is 6.10 Å². The van der Waals surface area contributed by atoms with Gasteiger partial charge in [-0.1, -0.05) is 30.3 Å². The van der Waals surface area contributed by atoms with Gasteiger partial charge in [0.2, 0.25) is 0 Å². The van der Waals surface area contributed by atoms with Gasteiger partial charge in [0.15, 0.2) is 0 Å². The van der Waals surface area contributed by atoms with Gasteiger partial charge in [-0.2, -0.15) is 0 Å². The van der Waals surface area contributed by atoms with Gasteiger partial charge in [0.25, 0.3) is 0 Å². The SMILES string of the molecule is Cc1ccccc1Oc1ccc([C@@H](C)O)cc1. The Morgan fingerprint density at radius 1 is 1.00 bits per heavy atom. The molecule has 2 aromatic carbocycles. The van der Waals surface area contributed by atoms with Gasteiger partial charge in [0.1, 0.15) is 11.5 Å². The third-order valence-electron chi connectivity index (χ3n) is 2.68. The lowest BCUT2D eigenvalue weighted by Gasteiger charge is -2.09. The van der Waals surface area contributed by atoms with Gasteiger partial charge in [-0.15, -0.1) is 0 Å². The predicted molar refractivity (Wildman–Crippen MR) is 68.3 cm³/mol. The summed E-state index contributed by atoms with van der Waals surface area (Å²) >= 11 is 0. The van der Waals surface area contributed by atoms with E-state index in [1.807, 2.05) is 55.5 Å². The van der Waals surface area contributed by atoms with Gasteiger partial charge < -0.3 is 9.84 Å². The number of aliphatic hydroxyl groups is 1. The molecule has 0 bridgehead atoms. The summed E-state index contributed by atoms with van der Waals surface area (Å²) in [6.07, 6.45) is -0.442. The molecule has 0 unspecified atom stereocenters. The number of aryl methyl sites for hydroxylation is 1. The predicted octanol–water partition coefficient (Wildman–Crippen LogP) is 3.84.